The molecule has 7 atom stereocenters. The topological polar surface area (TPSA) is 63.7 Å². The molecule has 0 aromatic carbocycles. The molecule has 5 rings (SSSR count). The van der Waals surface area contributed by atoms with Crippen LogP contribution in [-0.2, 0) is 19.1 Å². The zero-order chi connectivity index (χ0) is 20.6. The Morgan fingerprint density at radius 2 is 1.76 bits per heavy atom. The minimum atomic E-state index is -3.35. The summed E-state index contributed by atoms with van der Waals surface area (Å²) in [7, 11) is -3.35. The van der Waals surface area contributed by atoms with Crippen LogP contribution in [0.1, 0.15) is 71.6 Å². The van der Waals surface area contributed by atoms with Gasteiger partial charge < -0.3 is 0 Å². The molecule has 1 saturated heterocycles. The fourth-order valence-electron chi connectivity index (χ4n) is 8.41. The van der Waals surface area contributed by atoms with Crippen LogP contribution in [0.25, 0.3) is 0 Å². The molecule has 4 aliphatic carbocycles. The summed E-state index contributed by atoms with van der Waals surface area (Å²) in [4.78, 5) is 15.0. The summed E-state index contributed by atoms with van der Waals surface area (Å²) < 4.78 is 27.8. The number of hydrogen-bond donors (Lipinski definition) is 0. The van der Waals surface area contributed by atoms with E-state index in [1.165, 1.54) is 38.5 Å². The summed E-state index contributed by atoms with van der Waals surface area (Å²) in [5.41, 5.74) is 0.410. The third-order valence-corrected chi connectivity index (χ3v) is 10.7. The van der Waals surface area contributed by atoms with Gasteiger partial charge >= 0.3 is 0 Å². The highest BCUT2D eigenvalue weighted by molar-refractivity contribution is 7.86. The van der Waals surface area contributed by atoms with E-state index in [4.69, 9.17) is 4.18 Å². The van der Waals surface area contributed by atoms with Crippen LogP contribution in [0.5, 0.6) is 0 Å². The Balaban J connectivity index is 1.24. The Labute approximate surface area is 176 Å². The molecule has 0 amide bonds. The molecule has 0 spiro atoms. The summed E-state index contributed by atoms with van der Waals surface area (Å²) in [5, 5.41) is 0. The summed E-state index contributed by atoms with van der Waals surface area (Å²) in [6.45, 7) is 6.36. The fraction of sp³-hybridized carbons (Fsp3) is 0.957. The highest BCUT2D eigenvalue weighted by Crippen LogP contribution is 2.65. The number of ketones is 1. The highest BCUT2D eigenvalue weighted by Gasteiger charge is 2.60. The van der Waals surface area contributed by atoms with Gasteiger partial charge in [0.2, 0.25) is 0 Å². The average Bonchev–Trinajstić information content (AvgIpc) is 2.92. The van der Waals surface area contributed by atoms with Gasteiger partial charge in [0, 0.05) is 31.0 Å². The van der Waals surface area contributed by atoms with E-state index in [2.05, 4.69) is 18.7 Å². The van der Waals surface area contributed by atoms with E-state index < -0.39 is 10.1 Å². The highest BCUT2D eigenvalue weighted by atomic mass is 32.2. The first-order valence-corrected chi connectivity index (χ1v) is 13.6. The van der Waals surface area contributed by atoms with Crippen LogP contribution < -0.4 is 0 Å². The Bertz CT molecular complexity index is 791. The monoisotopic (exact) mass is 423 g/mol. The molecule has 6 heteroatoms. The van der Waals surface area contributed by atoms with E-state index in [1.807, 2.05) is 0 Å². The van der Waals surface area contributed by atoms with Crippen LogP contribution in [0.2, 0.25) is 0 Å². The van der Waals surface area contributed by atoms with Crippen molar-refractivity contribution in [3.05, 3.63) is 0 Å². The van der Waals surface area contributed by atoms with E-state index in [9.17, 15) is 13.2 Å². The van der Waals surface area contributed by atoms with E-state index in [0.29, 0.717) is 23.2 Å². The van der Waals surface area contributed by atoms with Gasteiger partial charge in [-0.2, -0.15) is 8.42 Å². The standard InChI is InChI=1S/C23H37NO4S/c1-22-10-8-16(24-13-17(14-24)28-29(3,26)27)12-15(22)4-5-18-19-6-7-21(25)23(19,2)11-9-20(18)22/h15-20H,4-14H2,1-3H3/t15-,16-,18-,19-,20-,22-,23-/m0/s1. The van der Waals surface area contributed by atoms with Crippen molar-refractivity contribution < 1.29 is 17.4 Å². The van der Waals surface area contributed by atoms with Crippen LogP contribution in [0, 0.1) is 34.5 Å². The number of hydrogen-bond acceptors (Lipinski definition) is 5. The van der Waals surface area contributed by atoms with E-state index in [-0.39, 0.29) is 11.5 Å². The Morgan fingerprint density at radius 3 is 2.48 bits per heavy atom. The molecule has 4 saturated carbocycles. The third-order valence-electron chi connectivity index (χ3n) is 10.1. The number of rotatable bonds is 3. The molecule has 0 aromatic rings. The molecule has 1 heterocycles. The lowest BCUT2D eigenvalue weighted by atomic mass is 9.45. The van der Waals surface area contributed by atoms with Crippen LogP contribution in [-0.4, -0.2) is 50.6 Å². The fourth-order valence-corrected chi connectivity index (χ4v) is 9.03. The summed E-state index contributed by atoms with van der Waals surface area (Å²) >= 11 is 0. The van der Waals surface area contributed by atoms with Crippen molar-refractivity contribution in [2.75, 3.05) is 19.3 Å². The van der Waals surface area contributed by atoms with Crippen molar-refractivity contribution in [3.63, 3.8) is 0 Å². The van der Waals surface area contributed by atoms with Crippen LogP contribution in [0.15, 0.2) is 0 Å². The number of carbonyl (C=O) groups excluding carboxylic acids is 1. The second-order valence-corrected chi connectivity index (χ2v) is 13.0. The maximum Gasteiger partial charge on any atom is 0.264 e. The summed E-state index contributed by atoms with van der Waals surface area (Å²) in [6.07, 6.45) is 11.7. The van der Waals surface area contributed by atoms with Crippen LogP contribution >= 0.6 is 0 Å². The second-order valence-electron chi connectivity index (χ2n) is 11.4. The maximum atomic E-state index is 12.6. The summed E-state index contributed by atoms with van der Waals surface area (Å²) in [6, 6.07) is 0.589. The van der Waals surface area contributed by atoms with Crippen molar-refractivity contribution in [3.8, 4) is 0 Å². The maximum absolute atomic E-state index is 12.6. The quantitative estimate of drug-likeness (QED) is 0.649. The Kier molecular flexibility index (Phi) is 4.77. The molecular weight excluding hydrogens is 386 g/mol. The van der Waals surface area contributed by atoms with Gasteiger partial charge in [0.1, 0.15) is 11.9 Å². The van der Waals surface area contributed by atoms with Gasteiger partial charge in [-0.1, -0.05) is 13.8 Å². The zero-order valence-electron chi connectivity index (χ0n) is 18.2. The first-order valence-electron chi connectivity index (χ1n) is 11.8. The normalized spacial score (nSPS) is 48.5. The van der Waals surface area contributed by atoms with Gasteiger partial charge in [-0.05, 0) is 80.5 Å². The van der Waals surface area contributed by atoms with Gasteiger partial charge in [-0.15, -0.1) is 0 Å². The minimum absolute atomic E-state index is 0.0200. The van der Waals surface area contributed by atoms with Crippen LogP contribution in [0.4, 0.5) is 0 Å². The number of nitrogens with zero attached hydrogens (tertiary/aromatic N) is 1. The minimum Gasteiger partial charge on any atom is -0.299 e. The molecule has 0 N–H and O–H groups in total. The lowest BCUT2D eigenvalue weighted by Gasteiger charge is -2.61. The van der Waals surface area contributed by atoms with Crippen molar-refractivity contribution in [1.82, 2.24) is 4.90 Å². The molecule has 0 bridgehead atoms. The van der Waals surface area contributed by atoms with Gasteiger partial charge in [-0.3, -0.25) is 13.9 Å². The van der Waals surface area contributed by atoms with Crippen molar-refractivity contribution >= 4 is 15.9 Å². The Hall–Kier alpha value is -0.460. The van der Waals surface area contributed by atoms with E-state index in [1.54, 1.807) is 0 Å². The molecule has 5 aliphatic rings. The Morgan fingerprint density at radius 1 is 1.00 bits per heavy atom. The van der Waals surface area contributed by atoms with Gasteiger partial charge in [0.25, 0.3) is 10.1 Å². The molecule has 1 aliphatic heterocycles. The van der Waals surface area contributed by atoms with E-state index >= 15 is 0 Å². The first kappa shape index (κ1) is 20.4. The molecular formula is C23H37NO4S. The molecule has 0 radical (unpaired) electrons. The lowest BCUT2D eigenvalue weighted by molar-refractivity contribution is -0.143. The largest absolute Gasteiger partial charge is 0.299 e. The number of fused-ring (bicyclic) bond motifs is 5. The predicted molar refractivity (Wildman–Crippen MR) is 112 cm³/mol. The molecule has 0 aromatic heterocycles. The molecule has 5 nitrogen and oxygen atoms in total. The van der Waals surface area contributed by atoms with Crippen LogP contribution in [0.3, 0.4) is 0 Å². The number of carbonyl (C=O) groups is 1. The van der Waals surface area contributed by atoms with Crippen molar-refractivity contribution in [2.24, 2.45) is 34.5 Å². The van der Waals surface area contributed by atoms with Crippen molar-refractivity contribution in [2.45, 2.75) is 83.8 Å². The zero-order valence-corrected chi connectivity index (χ0v) is 19.0. The lowest BCUT2D eigenvalue weighted by Crippen LogP contribution is -2.60. The van der Waals surface area contributed by atoms with Gasteiger partial charge in [0.15, 0.2) is 0 Å². The third kappa shape index (κ3) is 3.23. The summed E-state index contributed by atoms with van der Waals surface area (Å²) in [5.74, 6) is 3.51. The van der Waals surface area contributed by atoms with Crippen molar-refractivity contribution in [1.29, 1.82) is 0 Å². The average molecular weight is 424 g/mol. The molecule has 5 fully saturated rings. The number of likely N-dealkylation sites (tertiary alicyclic amines) is 1. The second kappa shape index (κ2) is 6.77. The molecule has 29 heavy (non-hydrogen) atoms. The predicted octanol–water partition coefficient (Wildman–Crippen LogP) is 3.63. The van der Waals surface area contributed by atoms with E-state index in [0.717, 1.165) is 56.4 Å². The smallest absolute Gasteiger partial charge is 0.264 e. The first-order chi connectivity index (χ1) is 13.6. The SMILES string of the molecule is C[C@]12CC[C@H](N3CC(OS(C)(=O)=O)C3)C[C@@H]1CC[C@@H]1[C@@H]2CC[C@]2(C)C(=O)CC[C@@H]12. The number of Topliss-reactive ketones (excluding diaryl/α,β-unsaturated/α-hetero) is 1. The molecule has 0 unspecified atom stereocenters. The van der Waals surface area contributed by atoms with Gasteiger partial charge in [0.05, 0.1) is 6.26 Å². The molecule has 164 valence electrons. The van der Waals surface area contributed by atoms with Gasteiger partial charge in [-0.25, -0.2) is 0 Å².